The Hall–Kier alpha value is -2.15. The molecule has 0 atom stereocenters. The second-order valence-corrected chi connectivity index (χ2v) is 5.57. The maximum Gasteiger partial charge on any atom is 0.268 e. The van der Waals surface area contributed by atoms with Crippen LogP contribution in [0.1, 0.15) is 21.6 Å². The minimum Gasteiger partial charge on any atom is -0.493 e. The number of anilines is 1. The largest absolute Gasteiger partial charge is 0.493 e. The average molecular weight is 349 g/mol. The molecule has 1 aliphatic heterocycles. The van der Waals surface area contributed by atoms with Crippen LogP contribution in [0.15, 0.2) is 29.0 Å². The van der Waals surface area contributed by atoms with Crippen LogP contribution in [0, 0.1) is 0 Å². The van der Waals surface area contributed by atoms with Crippen molar-refractivity contribution in [1.29, 1.82) is 0 Å². The molecule has 0 bridgehead atoms. The molecule has 0 fully saturated rings. The van der Waals surface area contributed by atoms with Crippen molar-refractivity contribution in [1.82, 2.24) is 9.97 Å². The van der Waals surface area contributed by atoms with Crippen molar-refractivity contribution in [3.63, 3.8) is 0 Å². The number of hydrogen-bond donors (Lipinski definition) is 2. The number of carbonyl (C=O) groups is 1. The molecule has 1 amide bonds. The van der Waals surface area contributed by atoms with E-state index >= 15 is 0 Å². The van der Waals surface area contributed by atoms with Gasteiger partial charge in [-0.3, -0.25) is 9.78 Å². The Morgan fingerprint density at radius 1 is 1.43 bits per heavy atom. The fourth-order valence-electron chi connectivity index (χ4n) is 2.23. The highest BCUT2D eigenvalue weighted by atomic mass is 79.9. The molecule has 1 aromatic heterocycles. The highest BCUT2D eigenvalue weighted by Gasteiger charge is 2.17. The number of amides is 1. The lowest BCUT2D eigenvalue weighted by Gasteiger charge is -2.11. The third-order valence-corrected chi connectivity index (χ3v) is 3.63. The van der Waals surface area contributed by atoms with Crippen LogP contribution in [0.3, 0.4) is 0 Å². The van der Waals surface area contributed by atoms with Gasteiger partial charge in [0.2, 0.25) is 0 Å². The van der Waals surface area contributed by atoms with E-state index in [4.69, 9.17) is 10.5 Å². The van der Waals surface area contributed by atoms with Crippen LogP contribution in [0.25, 0.3) is 0 Å². The molecule has 1 aliphatic rings. The Labute approximate surface area is 129 Å². The molecule has 3 N–H and O–H groups in total. The third-order valence-electron chi connectivity index (χ3n) is 3.17. The monoisotopic (exact) mass is 348 g/mol. The van der Waals surface area contributed by atoms with E-state index < -0.39 is 5.91 Å². The number of primary amides is 1. The molecule has 0 aliphatic carbocycles. The molecule has 21 heavy (non-hydrogen) atoms. The van der Waals surface area contributed by atoms with Crippen LogP contribution in [0.5, 0.6) is 5.75 Å². The summed E-state index contributed by atoms with van der Waals surface area (Å²) in [6.45, 7) is 1.23. The topological polar surface area (TPSA) is 90.1 Å². The summed E-state index contributed by atoms with van der Waals surface area (Å²) in [5.74, 6) is 0.820. The van der Waals surface area contributed by atoms with E-state index in [0.717, 1.165) is 22.2 Å². The summed E-state index contributed by atoms with van der Waals surface area (Å²) < 4.78 is 6.68. The molecule has 3 rings (SSSR count). The zero-order valence-corrected chi connectivity index (χ0v) is 12.7. The van der Waals surface area contributed by atoms with Gasteiger partial charge >= 0.3 is 0 Å². The fourth-order valence-corrected chi connectivity index (χ4v) is 2.79. The molecule has 0 saturated heterocycles. The number of nitrogens with zero attached hydrogens (tertiary/aromatic N) is 2. The van der Waals surface area contributed by atoms with Crippen molar-refractivity contribution in [2.24, 2.45) is 5.73 Å². The molecule has 108 valence electrons. The number of carbonyl (C=O) groups excluding carboxylic acids is 1. The van der Waals surface area contributed by atoms with Crippen LogP contribution in [0.4, 0.5) is 5.82 Å². The van der Waals surface area contributed by atoms with Crippen LogP contribution in [-0.4, -0.2) is 22.5 Å². The van der Waals surface area contributed by atoms with Gasteiger partial charge in [0.25, 0.3) is 5.91 Å². The summed E-state index contributed by atoms with van der Waals surface area (Å²) in [6.07, 6.45) is 3.80. The molecule has 6 nitrogen and oxygen atoms in total. The van der Waals surface area contributed by atoms with Gasteiger partial charge in [0.05, 0.1) is 19.0 Å². The number of nitrogens with one attached hydrogen (secondary N) is 1. The second-order valence-electron chi connectivity index (χ2n) is 4.66. The zero-order valence-electron chi connectivity index (χ0n) is 11.1. The normalized spacial score (nSPS) is 12.6. The van der Waals surface area contributed by atoms with E-state index in [-0.39, 0.29) is 5.69 Å². The zero-order chi connectivity index (χ0) is 14.8. The number of hydrogen-bond acceptors (Lipinski definition) is 5. The molecule has 2 aromatic rings. The van der Waals surface area contributed by atoms with E-state index in [1.807, 2.05) is 6.07 Å². The standard InChI is InChI=1S/C14H13BrN4O2/c15-10-3-8-1-2-21-13(8)9(4-10)5-18-12-7-17-6-11(19-12)14(16)20/h3-4,6-7H,1-2,5H2,(H2,16,20)(H,18,19). The van der Waals surface area contributed by atoms with Gasteiger partial charge in [-0.1, -0.05) is 15.9 Å². The minimum atomic E-state index is -0.599. The van der Waals surface area contributed by atoms with E-state index in [0.29, 0.717) is 19.0 Å². The molecule has 1 aromatic carbocycles. The van der Waals surface area contributed by atoms with Gasteiger partial charge in [-0.05, 0) is 17.7 Å². The first-order chi connectivity index (χ1) is 10.1. The number of ether oxygens (including phenoxy) is 1. The van der Waals surface area contributed by atoms with Crippen molar-refractivity contribution >= 4 is 27.7 Å². The van der Waals surface area contributed by atoms with E-state index in [2.05, 4.69) is 37.3 Å². The first kappa shape index (κ1) is 13.8. The molecule has 7 heteroatoms. The van der Waals surface area contributed by atoms with Gasteiger partial charge < -0.3 is 15.8 Å². The fraction of sp³-hybridized carbons (Fsp3) is 0.214. The lowest BCUT2D eigenvalue weighted by Crippen LogP contribution is -2.14. The highest BCUT2D eigenvalue weighted by Crippen LogP contribution is 2.33. The summed E-state index contributed by atoms with van der Waals surface area (Å²) >= 11 is 3.50. The van der Waals surface area contributed by atoms with E-state index in [1.54, 1.807) is 6.20 Å². The Balaban J connectivity index is 1.79. The molecule has 0 saturated carbocycles. The summed E-state index contributed by atoms with van der Waals surface area (Å²) in [7, 11) is 0. The van der Waals surface area contributed by atoms with Crippen molar-refractivity contribution in [2.75, 3.05) is 11.9 Å². The van der Waals surface area contributed by atoms with E-state index in [1.165, 1.54) is 11.8 Å². The first-order valence-electron chi connectivity index (χ1n) is 6.43. The average Bonchev–Trinajstić information content (AvgIpc) is 2.93. The molecule has 0 unspecified atom stereocenters. The second kappa shape index (κ2) is 5.69. The lowest BCUT2D eigenvalue weighted by atomic mass is 10.1. The maximum atomic E-state index is 11.1. The number of nitrogens with two attached hydrogens (primary N) is 1. The molecular weight excluding hydrogens is 336 g/mol. The van der Waals surface area contributed by atoms with Crippen molar-refractivity contribution < 1.29 is 9.53 Å². The summed E-state index contributed by atoms with van der Waals surface area (Å²) in [5, 5.41) is 3.13. The van der Waals surface area contributed by atoms with Crippen LogP contribution < -0.4 is 15.8 Å². The van der Waals surface area contributed by atoms with Crippen molar-refractivity contribution in [3.8, 4) is 5.75 Å². The van der Waals surface area contributed by atoms with Crippen LogP contribution in [0.2, 0.25) is 0 Å². The van der Waals surface area contributed by atoms with Crippen LogP contribution >= 0.6 is 15.9 Å². The van der Waals surface area contributed by atoms with Gasteiger partial charge in [-0.25, -0.2) is 4.98 Å². The van der Waals surface area contributed by atoms with Crippen molar-refractivity contribution in [2.45, 2.75) is 13.0 Å². The quantitative estimate of drug-likeness (QED) is 0.880. The smallest absolute Gasteiger partial charge is 0.268 e. The van der Waals surface area contributed by atoms with E-state index in [9.17, 15) is 4.79 Å². The lowest BCUT2D eigenvalue weighted by molar-refractivity contribution is 0.0995. The summed E-state index contributed by atoms with van der Waals surface area (Å²) in [5.41, 5.74) is 7.55. The van der Waals surface area contributed by atoms with Crippen molar-refractivity contribution in [3.05, 3.63) is 45.8 Å². The Morgan fingerprint density at radius 3 is 3.10 bits per heavy atom. The Morgan fingerprint density at radius 2 is 2.29 bits per heavy atom. The molecule has 2 heterocycles. The minimum absolute atomic E-state index is 0.135. The highest BCUT2D eigenvalue weighted by molar-refractivity contribution is 9.10. The maximum absolute atomic E-state index is 11.1. The number of rotatable bonds is 4. The first-order valence-corrected chi connectivity index (χ1v) is 7.22. The Kier molecular flexibility index (Phi) is 3.74. The van der Waals surface area contributed by atoms with Gasteiger partial charge in [0.15, 0.2) is 0 Å². The molecular formula is C14H13BrN4O2. The number of fused-ring (bicyclic) bond motifs is 1. The predicted molar refractivity (Wildman–Crippen MR) is 81.2 cm³/mol. The molecule has 0 spiro atoms. The van der Waals surface area contributed by atoms with Crippen LogP contribution in [-0.2, 0) is 13.0 Å². The van der Waals surface area contributed by atoms with Gasteiger partial charge in [-0.15, -0.1) is 0 Å². The molecule has 0 radical (unpaired) electrons. The van der Waals surface area contributed by atoms with Gasteiger partial charge in [0.1, 0.15) is 17.3 Å². The third kappa shape index (κ3) is 2.97. The predicted octanol–water partition coefficient (Wildman–Crippen LogP) is 1.89. The van der Waals surface area contributed by atoms with Gasteiger partial charge in [0, 0.05) is 23.0 Å². The SMILES string of the molecule is NC(=O)c1cncc(NCc2cc(Br)cc3c2OCC3)n1. The number of halogens is 1. The summed E-state index contributed by atoms with van der Waals surface area (Å²) in [4.78, 5) is 19.1. The van der Waals surface area contributed by atoms with Gasteiger partial charge in [-0.2, -0.15) is 0 Å². The Bertz CT molecular complexity index is 705. The number of aromatic nitrogens is 2. The summed E-state index contributed by atoms with van der Waals surface area (Å²) in [6, 6.07) is 4.07. The number of benzene rings is 1.